The number of methoxy groups -OCH3 is 1. The Kier molecular flexibility index (Phi) is 5.77. The van der Waals surface area contributed by atoms with E-state index in [0.29, 0.717) is 22.5 Å². The molecule has 0 aliphatic carbocycles. The Bertz CT molecular complexity index is 1590. The number of amides is 1. The molecular formula is C25H21N3O5S. The van der Waals surface area contributed by atoms with E-state index >= 15 is 0 Å². The highest BCUT2D eigenvalue weighted by atomic mass is 32.1. The second-order valence-corrected chi connectivity index (χ2v) is 8.79. The van der Waals surface area contributed by atoms with Gasteiger partial charge in [0, 0.05) is 16.6 Å². The van der Waals surface area contributed by atoms with E-state index in [1.807, 2.05) is 48.5 Å². The van der Waals surface area contributed by atoms with E-state index in [-0.39, 0.29) is 19.0 Å². The molecule has 0 atom stereocenters. The molecule has 34 heavy (non-hydrogen) atoms. The van der Waals surface area contributed by atoms with E-state index in [2.05, 4.69) is 5.32 Å². The van der Waals surface area contributed by atoms with Gasteiger partial charge in [-0.2, -0.15) is 0 Å². The third-order valence-electron chi connectivity index (χ3n) is 5.58. The molecule has 172 valence electrons. The number of benzene rings is 2. The first-order valence-corrected chi connectivity index (χ1v) is 11.4. The number of carbonyl (C=O) groups is 1. The lowest BCUT2D eigenvalue weighted by molar-refractivity contribution is -0.121. The van der Waals surface area contributed by atoms with Crippen molar-refractivity contribution >= 4 is 37.5 Å². The number of nitrogens with one attached hydrogen (secondary N) is 1. The van der Waals surface area contributed by atoms with E-state index in [1.54, 1.807) is 19.2 Å². The van der Waals surface area contributed by atoms with E-state index in [0.717, 1.165) is 26.0 Å². The number of ether oxygens (including phenoxy) is 1. The highest BCUT2D eigenvalue weighted by molar-refractivity contribution is 7.25. The minimum absolute atomic E-state index is 0.0116. The molecule has 0 unspecified atom stereocenters. The van der Waals surface area contributed by atoms with Gasteiger partial charge in [0.15, 0.2) is 0 Å². The first-order valence-electron chi connectivity index (χ1n) is 10.6. The van der Waals surface area contributed by atoms with Crippen LogP contribution in [0.2, 0.25) is 0 Å². The van der Waals surface area contributed by atoms with Gasteiger partial charge in [0.2, 0.25) is 5.91 Å². The van der Waals surface area contributed by atoms with E-state index in [4.69, 9.17) is 9.15 Å². The molecular weight excluding hydrogens is 454 g/mol. The normalized spacial score (nSPS) is 11.2. The molecule has 5 aromatic rings. The maximum Gasteiger partial charge on any atom is 0.332 e. The van der Waals surface area contributed by atoms with Crippen LogP contribution in [-0.4, -0.2) is 22.2 Å². The minimum Gasteiger partial charge on any atom is -0.497 e. The molecule has 0 saturated heterocycles. The first kappa shape index (κ1) is 21.7. The summed E-state index contributed by atoms with van der Waals surface area (Å²) in [6.07, 6.45) is 1.49. The summed E-state index contributed by atoms with van der Waals surface area (Å²) in [6, 6.07) is 18.2. The van der Waals surface area contributed by atoms with Gasteiger partial charge in [-0.25, -0.2) is 4.79 Å². The zero-order valence-corrected chi connectivity index (χ0v) is 19.1. The van der Waals surface area contributed by atoms with Gasteiger partial charge in [-0.05, 0) is 35.9 Å². The summed E-state index contributed by atoms with van der Waals surface area (Å²) >= 11 is 1.31. The van der Waals surface area contributed by atoms with Crippen LogP contribution in [0.3, 0.4) is 0 Å². The summed E-state index contributed by atoms with van der Waals surface area (Å²) in [6.45, 7) is 0.0735. The van der Waals surface area contributed by atoms with Crippen LogP contribution >= 0.6 is 11.3 Å². The fraction of sp³-hybridized carbons (Fsp3) is 0.160. The zero-order valence-electron chi connectivity index (χ0n) is 18.3. The van der Waals surface area contributed by atoms with Crippen molar-refractivity contribution in [1.82, 2.24) is 14.5 Å². The number of thiophene rings is 1. The smallest absolute Gasteiger partial charge is 0.332 e. The molecule has 1 amide bonds. The average molecular weight is 476 g/mol. The lowest BCUT2D eigenvalue weighted by Crippen LogP contribution is -2.42. The van der Waals surface area contributed by atoms with Crippen molar-refractivity contribution < 1.29 is 13.9 Å². The van der Waals surface area contributed by atoms with Crippen LogP contribution in [-0.2, 0) is 24.4 Å². The van der Waals surface area contributed by atoms with Gasteiger partial charge in [-0.15, -0.1) is 11.3 Å². The van der Waals surface area contributed by atoms with Crippen molar-refractivity contribution in [2.75, 3.05) is 7.11 Å². The van der Waals surface area contributed by atoms with Crippen molar-refractivity contribution in [3.05, 3.63) is 99.1 Å². The topological polar surface area (TPSA) is 95.5 Å². The fourth-order valence-electron chi connectivity index (χ4n) is 3.88. The summed E-state index contributed by atoms with van der Waals surface area (Å²) in [5.41, 5.74) is 0.422. The number of hydrogen-bond donors (Lipinski definition) is 1. The molecule has 0 fully saturated rings. The SMILES string of the molecule is COc1ccc(CNC(=O)Cn2c(=O)n(Cc3ccco3)c(=O)c3sc4ccccc4c32)cc1. The number of fused-ring (bicyclic) bond motifs is 3. The second-order valence-electron chi connectivity index (χ2n) is 7.74. The van der Waals surface area contributed by atoms with E-state index < -0.39 is 11.2 Å². The van der Waals surface area contributed by atoms with Gasteiger partial charge in [-0.1, -0.05) is 30.3 Å². The lowest BCUT2D eigenvalue weighted by Gasteiger charge is -2.12. The van der Waals surface area contributed by atoms with Gasteiger partial charge >= 0.3 is 5.69 Å². The molecule has 8 nitrogen and oxygen atoms in total. The highest BCUT2D eigenvalue weighted by Gasteiger charge is 2.20. The molecule has 0 bridgehead atoms. The zero-order chi connectivity index (χ0) is 23.7. The Morgan fingerprint density at radius 3 is 2.56 bits per heavy atom. The molecule has 2 aromatic carbocycles. The van der Waals surface area contributed by atoms with Crippen molar-refractivity contribution in [3.63, 3.8) is 0 Å². The molecule has 1 N–H and O–H groups in total. The summed E-state index contributed by atoms with van der Waals surface area (Å²) in [5.74, 6) is 0.875. The van der Waals surface area contributed by atoms with Crippen LogP contribution in [0.1, 0.15) is 11.3 Å². The average Bonchev–Trinajstić information content (AvgIpc) is 3.51. The van der Waals surface area contributed by atoms with E-state index in [1.165, 1.54) is 22.2 Å². The van der Waals surface area contributed by atoms with Crippen LogP contribution in [0.25, 0.3) is 20.3 Å². The summed E-state index contributed by atoms with van der Waals surface area (Å²) in [5, 5.41) is 3.62. The van der Waals surface area contributed by atoms with Gasteiger partial charge in [0.05, 0.1) is 25.4 Å². The second kappa shape index (κ2) is 9.03. The molecule has 9 heteroatoms. The van der Waals surface area contributed by atoms with Crippen LogP contribution in [0.5, 0.6) is 5.75 Å². The molecule has 0 spiro atoms. The molecule has 5 rings (SSSR count). The minimum atomic E-state index is -0.558. The molecule has 3 aromatic heterocycles. The predicted molar refractivity (Wildman–Crippen MR) is 131 cm³/mol. The predicted octanol–water partition coefficient (Wildman–Crippen LogP) is 3.34. The number of carbonyl (C=O) groups excluding carboxylic acids is 1. The number of nitrogens with zero attached hydrogens (tertiary/aromatic N) is 2. The van der Waals surface area contributed by atoms with E-state index in [9.17, 15) is 14.4 Å². The summed E-state index contributed by atoms with van der Waals surface area (Å²) < 4.78 is 14.3. The number of rotatable bonds is 7. The molecule has 0 saturated carbocycles. The monoisotopic (exact) mass is 475 g/mol. The van der Waals surface area contributed by atoms with Gasteiger partial charge in [0.1, 0.15) is 22.8 Å². The van der Waals surface area contributed by atoms with Crippen molar-refractivity contribution in [3.8, 4) is 5.75 Å². The largest absolute Gasteiger partial charge is 0.497 e. The van der Waals surface area contributed by atoms with Crippen molar-refractivity contribution in [2.45, 2.75) is 19.6 Å². The Hall–Kier alpha value is -4.11. The molecule has 0 aliphatic heterocycles. The third kappa shape index (κ3) is 4.01. The van der Waals surface area contributed by atoms with Crippen LogP contribution in [0.4, 0.5) is 0 Å². The summed E-state index contributed by atoms with van der Waals surface area (Å²) in [7, 11) is 1.59. The Morgan fingerprint density at radius 1 is 1.03 bits per heavy atom. The van der Waals surface area contributed by atoms with Gasteiger partial charge in [-0.3, -0.25) is 18.7 Å². The van der Waals surface area contributed by atoms with Crippen molar-refractivity contribution in [1.29, 1.82) is 0 Å². The molecule has 0 aliphatic rings. The highest BCUT2D eigenvalue weighted by Crippen LogP contribution is 2.30. The van der Waals surface area contributed by atoms with Crippen molar-refractivity contribution in [2.24, 2.45) is 0 Å². The first-order chi connectivity index (χ1) is 16.5. The summed E-state index contributed by atoms with van der Waals surface area (Å²) in [4.78, 5) is 39.6. The van der Waals surface area contributed by atoms with Crippen LogP contribution in [0, 0.1) is 0 Å². The van der Waals surface area contributed by atoms with Crippen LogP contribution in [0.15, 0.2) is 80.9 Å². The molecule has 0 radical (unpaired) electrons. The Labute approximate surface area is 197 Å². The Morgan fingerprint density at radius 2 is 1.82 bits per heavy atom. The Balaban J connectivity index is 1.53. The maximum absolute atomic E-state index is 13.4. The van der Waals surface area contributed by atoms with Crippen LogP contribution < -0.4 is 21.3 Å². The maximum atomic E-state index is 13.4. The number of furan rings is 1. The third-order valence-corrected chi connectivity index (χ3v) is 6.73. The lowest BCUT2D eigenvalue weighted by atomic mass is 10.2. The van der Waals surface area contributed by atoms with Gasteiger partial charge < -0.3 is 14.5 Å². The fourth-order valence-corrected chi connectivity index (χ4v) is 5.04. The number of aromatic nitrogens is 2. The number of hydrogen-bond acceptors (Lipinski definition) is 6. The quantitative estimate of drug-likeness (QED) is 0.390. The standard InChI is InChI=1S/C25H21N3O5S/c1-32-17-10-8-16(9-11-17)13-26-21(29)15-27-22-19-6-2-3-7-20(19)34-23(22)24(30)28(25(27)31)14-18-5-4-12-33-18/h2-12H,13-15H2,1H3,(H,26,29). The van der Waals surface area contributed by atoms with Gasteiger partial charge in [0.25, 0.3) is 5.56 Å². The molecule has 3 heterocycles.